The lowest BCUT2D eigenvalue weighted by atomic mass is 9.95. The van der Waals surface area contributed by atoms with Crippen LogP contribution in [-0.2, 0) is 0 Å². The quantitative estimate of drug-likeness (QED) is 0.822. The van der Waals surface area contributed by atoms with Crippen molar-refractivity contribution < 1.29 is 0 Å². The maximum atomic E-state index is 6.15. The number of likely N-dealkylation sites (tertiary alicyclic amines) is 1. The Balaban J connectivity index is 0.00000200. The average molecular weight is 356 g/mol. The van der Waals surface area contributed by atoms with Crippen LogP contribution >= 0.6 is 47.4 Å². The van der Waals surface area contributed by atoms with Crippen molar-refractivity contribution >= 4 is 47.4 Å². The van der Waals surface area contributed by atoms with Crippen LogP contribution in [-0.4, -0.2) is 36.3 Å². The lowest BCUT2D eigenvalue weighted by molar-refractivity contribution is 0.173. The highest BCUT2D eigenvalue weighted by atomic mass is 35.5. The molecule has 1 aliphatic heterocycles. The second-order valence-electron chi connectivity index (χ2n) is 5.15. The molecular weight excluding hydrogens is 335 g/mol. The number of nitrogens with zero attached hydrogens (tertiary/aromatic N) is 1. The van der Waals surface area contributed by atoms with E-state index >= 15 is 0 Å². The molecule has 0 saturated carbocycles. The summed E-state index contributed by atoms with van der Waals surface area (Å²) in [5, 5.41) is 1.52. The van der Waals surface area contributed by atoms with Gasteiger partial charge in [-0.1, -0.05) is 30.1 Å². The molecule has 1 heterocycles. The van der Waals surface area contributed by atoms with Crippen molar-refractivity contribution in [3.8, 4) is 0 Å². The molecule has 0 spiro atoms. The van der Waals surface area contributed by atoms with Gasteiger partial charge in [0.2, 0.25) is 0 Å². The second kappa shape index (κ2) is 8.72. The van der Waals surface area contributed by atoms with Gasteiger partial charge in [-0.3, -0.25) is 0 Å². The number of rotatable bonds is 4. The van der Waals surface area contributed by atoms with Crippen molar-refractivity contribution in [1.82, 2.24) is 4.90 Å². The first kappa shape index (κ1) is 18.4. The summed E-state index contributed by atoms with van der Waals surface area (Å²) < 4.78 is 0. The monoisotopic (exact) mass is 354 g/mol. The minimum absolute atomic E-state index is 0. The fraction of sp³-hybridized carbons (Fsp3) is 0.571. The van der Waals surface area contributed by atoms with Gasteiger partial charge < -0.3 is 10.6 Å². The van der Waals surface area contributed by atoms with Crippen LogP contribution in [0.2, 0.25) is 10.0 Å². The smallest absolute Gasteiger partial charge is 0.0542 e. The molecule has 1 aromatic rings. The molecule has 1 fully saturated rings. The van der Waals surface area contributed by atoms with E-state index in [9.17, 15) is 0 Å². The minimum atomic E-state index is 0. The van der Waals surface area contributed by atoms with E-state index in [0.717, 1.165) is 46.7 Å². The molecule has 0 radical (unpaired) electrons. The van der Waals surface area contributed by atoms with Crippen molar-refractivity contribution in [3.05, 3.63) is 28.2 Å². The zero-order valence-corrected chi connectivity index (χ0v) is 14.7. The predicted molar refractivity (Wildman–Crippen MR) is 92.6 cm³/mol. The van der Waals surface area contributed by atoms with Gasteiger partial charge in [-0.25, -0.2) is 0 Å². The van der Waals surface area contributed by atoms with Crippen molar-refractivity contribution in [2.45, 2.75) is 24.3 Å². The Kier molecular flexibility index (Phi) is 8.02. The fourth-order valence-corrected chi connectivity index (χ4v) is 3.83. The molecule has 1 saturated heterocycles. The van der Waals surface area contributed by atoms with Gasteiger partial charge in [0.15, 0.2) is 0 Å². The summed E-state index contributed by atoms with van der Waals surface area (Å²) in [4.78, 5) is 3.55. The molecule has 6 heteroatoms. The van der Waals surface area contributed by atoms with Gasteiger partial charge in [0, 0.05) is 34.8 Å². The van der Waals surface area contributed by atoms with Gasteiger partial charge in [-0.15, -0.1) is 24.2 Å². The molecule has 2 nitrogen and oxygen atoms in total. The van der Waals surface area contributed by atoms with E-state index in [0.29, 0.717) is 12.0 Å². The third-order valence-electron chi connectivity index (χ3n) is 3.61. The summed E-state index contributed by atoms with van der Waals surface area (Å²) in [6.45, 7) is 5.52. The molecule has 2 atom stereocenters. The molecule has 1 aromatic carbocycles. The fourth-order valence-electron chi connectivity index (χ4n) is 2.33. The van der Waals surface area contributed by atoms with Crippen LogP contribution in [0.5, 0.6) is 0 Å². The lowest BCUT2D eigenvalue weighted by Gasteiger charge is -2.34. The van der Waals surface area contributed by atoms with Crippen LogP contribution in [0.25, 0.3) is 0 Å². The van der Waals surface area contributed by atoms with E-state index in [1.807, 2.05) is 18.2 Å². The number of halogens is 3. The molecular formula is C14H21Cl3N2S. The Morgan fingerprint density at radius 1 is 1.40 bits per heavy atom. The van der Waals surface area contributed by atoms with Crippen LogP contribution in [0.1, 0.15) is 13.3 Å². The normalized spacial score (nSPS) is 23.4. The highest BCUT2D eigenvalue weighted by Gasteiger charge is 2.22. The topological polar surface area (TPSA) is 29.3 Å². The van der Waals surface area contributed by atoms with Crippen molar-refractivity contribution in [1.29, 1.82) is 0 Å². The summed E-state index contributed by atoms with van der Waals surface area (Å²) in [5.41, 5.74) is 6.03. The van der Waals surface area contributed by atoms with E-state index in [1.165, 1.54) is 0 Å². The van der Waals surface area contributed by atoms with Gasteiger partial charge >= 0.3 is 0 Å². The Bertz CT molecular complexity index is 431. The van der Waals surface area contributed by atoms with Gasteiger partial charge in [0.05, 0.1) is 5.02 Å². The van der Waals surface area contributed by atoms with E-state index < -0.39 is 0 Å². The van der Waals surface area contributed by atoms with Gasteiger partial charge in [0.25, 0.3) is 0 Å². The number of benzene rings is 1. The number of hydrogen-bond acceptors (Lipinski definition) is 3. The summed E-state index contributed by atoms with van der Waals surface area (Å²) in [7, 11) is 0. The zero-order valence-electron chi connectivity index (χ0n) is 11.5. The Morgan fingerprint density at radius 2 is 2.15 bits per heavy atom. The second-order valence-corrected chi connectivity index (χ2v) is 7.13. The van der Waals surface area contributed by atoms with Gasteiger partial charge in [-0.2, -0.15) is 0 Å². The molecule has 0 amide bonds. The maximum Gasteiger partial charge on any atom is 0.0542 e. The summed E-state index contributed by atoms with van der Waals surface area (Å²) in [5.74, 6) is 1.62. The molecule has 114 valence electrons. The summed E-state index contributed by atoms with van der Waals surface area (Å²) in [6, 6.07) is 5.98. The predicted octanol–water partition coefficient (Wildman–Crippen LogP) is 4.18. The van der Waals surface area contributed by atoms with E-state index in [1.54, 1.807) is 11.8 Å². The Labute approximate surface area is 141 Å². The summed E-state index contributed by atoms with van der Waals surface area (Å²) in [6.07, 6.45) is 1.10. The molecule has 0 bridgehead atoms. The Hall–Kier alpha value is 0.360. The molecule has 2 N–H and O–H groups in total. The average Bonchev–Trinajstić information content (AvgIpc) is 2.38. The number of piperidine rings is 1. The van der Waals surface area contributed by atoms with E-state index in [2.05, 4.69) is 11.8 Å². The van der Waals surface area contributed by atoms with Crippen molar-refractivity contribution in [2.75, 3.05) is 25.4 Å². The molecule has 0 aliphatic carbocycles. The third kappa shape index (κ3) is 5.28. The van der Waals surface area contributed by atoms with Crippen molar-refractivity contribution in [2.24, 2.45) is 11.7 Å². The number of nitrogens with two attached hydrogens (primary N) is 1. The number of thioether (sulfide) groups is 1. The Morgan fingerprint density at radius 3 is 2.85 bits per heavy atom. The van der Waals surface area contributed by atoms with Crippen LogP contribution < -0.4 is 5.73 Å². The van der Waals surface area contributed by atoms with Gasteiger partial charge in [0.1, 0.15) is 0 Å². The maximum absolute atomic E-state index is 6.15. The van der Waals surface area contributed by atoms with Crippen LogP contribution in [0, 0.1) is 5.92 Å². The molecule has 2 rings (SSSR count). The third-order valence-corrected chi connectivity index (χ3v) is 5.33. The van der Waals surface area contributed by atoms with Crippen molar-refractivity contribution in [3.63, 3.8) is 0 Å². The zero-order chi connectivity index (χ0) is 13.8. The minimum Gasteiger partial charge on any atom is -0.327 e. The van der Waals surface area contributed by atoms with Crippen LogP contribution in [0.4, 0.5) is 0 Å². The molecule has 1 aliphatic rings. The molecule has 2 unspecified atom stereocenters. The van der Waals surface area contributed by atoms with E-state index in [4.69, 9.17) is 28.9 Å². The standard InChI is InChI=1S/C14H20Cl2N2S.ClH/c1-10-9-18(5-4-13(10)17)6-7-19-14-8-11(15)2-3-12(14)16;/h2-3,8,10,13H,4-7,9,17H2,1H3;1H. The highest BCUT2D eigenvalue weighted by Crippen LogP contribution is 2.30. The first-order chi connectivity index (χ1) is 9.06. The first-order valence-electron chi connectivity index (χ1n) is 6.62. The molecule has 20 heavy (non-hydrogen) atoms. The van der Waals surface area contributed by atoms with Gasteiger partial charge in [-0.05, 0) is 37.1 Å². The van der Waals surface area contributed by atoms with Crippen LogP contribution in [0.3, 0.4) is 0 Å². The number of hydrogen-bond donors (Lipinski definition) is 1. The largest absolute Gasteiger partial charge is 0.327 e. The van der Waals surface area contributed by atoms with E-state index in [-0.39, 0.29) is 12.4 Å². The SMILES string of the molecule is CC1CN(CCSc2cc(Cl)ccc2Cl)CCC1N.Cl. The highest BCUT2D eigenvalue weighted by molar-refractivity contribution is 7.99. The summed E-state index contributed by atoms with van der Waals surface area (Å²) >= 11 is 13.9. The lowest BCUT2D eigenvalue weighted by Crippen LogP contribution is -2.46. The molecule has 0 aromatic heterocycles. The van der Waals surface area contributed by atoms with Crippen LogP contribution in [0.15, 0.2) is 23.1 Å². The first-order valence-corrected chi connectivity index (χ1v) is 8.36.